The zero-order chi connectivity index (χ0) is 34.9. The number of amides is 3. The topological polar surface area (TPSA) is 101 Å². The van der Waals surface area contributed by atoms with Gasteiger partial charge in [-0.3, -0.25) is 9.59 Å². The van der Waals surface area contributed by atoms with E-state index in [1.165, 1.54) is 5.56 Å². The van der Waals surface area contributed by atoms with Crippen molar-refractivity contribution in [3.05, 3.63) is 142 Å². The van der Waals surface area contributed by atoms with Crippen LogP contribution in [0.5, 0.6) is 5.75 Å². The summed E-state index contributed by atoms with van der Waals surface area (Å²) in [7, 11) is 3.70. The van der Waals surface area contributed by atoms with Crippen LogP contribution in [0.4, 0.5) is 10.5 Å². The highest BCUT2D eigenvalue weighted by Crippen LogP contribution is 2.36. The molecule has 9 heteroatoms. The van der Waals surface area contributed by atoms with Gasteiger partial charge in [-0.05, 0) is 84.5 Å². The van der Waals surface area contributed by atoms with Gasteiger partial charge in [-0.2, -0.15) is 0 Å². The van der Waals surface area contributed by atoms with E-state index in [0.717, 1.165) is 39.3 Å². The van der Waals surface area contributed by atoms with Gasteiger partial charge >= 0.3 is 6.09 Å². The highest BCUT2D eigenvalue weighted by molar-refractivity contribution is 6.08. The second kappa shape index (κ2) is 13.7. The van der Waals surface area contributed by atoms with Crippen LogP contribution >= 0.6 is 0 Å². The molecule has 2 aliphatic heterocycles. The summed E-state index contributed by atoms with van der Waals surface area (Å²) in [6.07, 6.45) is 0.833. The van der Waals surface area contributed by atoms with E-state index in [4.69, 9.17) is 10.5 Å². The van der Waals surface area contributed by atoms with E-state index in [9.17, 15) is 14.4 Å². The standard InChI is InChI=1S/C41H41N5O4/c1-27-35(39(47)44(3)32-14-6-4-7-15-32)23-38(43(27)2)36-21-29-18-19-45(41(49)50-34-16-8-5-9-17-34)25-31(29)22-37(36)40(48)46-26-30-13-11-10-12-28(30)20-33(46)24-42/h4-17,21-23,33H,18-20,24-26,42H2,1-3H3/t33-/m0/s1. The Hall–Kier alpha value is -5.67. The van der Waals surface area contributed by atoms with Crippen molar-refractivity contribution < 1.29 is 19.1 Å². The van der Waals surface area contributed by atoms with Gasteiger partial charge in [-0.1, -0.05) is 60.7 Å². The van der Waals surface area contributed by atoms with E-state index in [1.54, 1.807) is 29.0 Å². The molecule has 0 saturated carbocycles. The van der Waals surface area contributed by atoms with Crippen molar-refractivity contribution in [3.8, 4) is 17.0 Å². The monoisotopic (exact) mass is 667 g/mol. The number of para-hydroxylation sites is 2. The van der Waals surface area contributed by atoms with Gasteiger partial charge in [0.15, 0.2) is 0 Å². The molecule has 9 nitrogen and oxygen atoms in total. The van der Waals surface area contributed by atoms with Crippen LogP contribution in [-0.4, -0.2) is 58.5 Å². The van der Waals surface area contributed by atoms with Crippen LogP contribution in [0, 0.1) is 6.92 Å². The molecule has 3 heterocycles. The molecule has 0 fully saturated rings. The molecule has 50 heavy (non-hydrogen) atoms. The van der Waals surface area contributed by atoms with Gasteiger partial charge in [-0.25, -0.2) is 4.79 Å². The lowest BCUT2D eigenvalue weighted by atomic mass is 9.89. The van der Waals surface area contributed by atoms with Crippen molar-refractivity contribution >= 4 is 23.6 Å². The maximum atomic E-state index is 14.8. The Labute approximate surface area is 292 Å². The number of fused-ring (bicyclic) bond motifs is 2. The number of hydrogen-bond acceptors (Lipinski definition) is 5. The highest BCUT2D eigenvalue weighted by atomic mass is 16.6. The van der Waals surface area contributed by atoms with E-state index < -0.39 is 6.09 Å². The summed E-state index contributed by atoms with van der Waals surface area (Å²) >= 11 is 0. The Morgan fingerprint density at radius 2 is 1.50 bits per heavy atom. The molecule has 0 unspecified atom stereocenters. The van der Waals surface area contributed by atoms with Crippen molar-refractivity contribution in [3.63, 3.8) is 0 Å². The average molecular weight is 668 g/mol. The Kier molecular flexibility index (Phi) is 8.99. The molecule has 0 saturated heterocycles. The van der Waals surface area contributed by atoms with Crippen molar-refractivity contribution in [2.75, 3.05) is 25.0 Å². The normalized spacial score (nSPS) is 15.2. The zero-order valence-electron chi connectivity index (χ0n) is 28.6. The van der Waals surface area contributed by atoms with Crippen LogP contribution in [0.15, 0.2) is 103 Å². The quantitative estimate of drug-likeness (QED) is 0.227. The lowest BCUT2D eigenvalue weighted by Gasteiger charge is -2.37. The molecule has 2 aliphatic rings. The van der Waals surface area contributed by atoms with E-state index in [2.05, 4.69) is 18.2 Å². The van der Waals surface area contributed by atoms with E-state index >= 15 is 0 Å². The molecule has 3 amide bonds. The largest absolute Gasteiger partial charge is 0.415 e. The Morgan fingerprint density at radius 1 is 0.820 bits per heavy atom. The Morgan fingerprint density at radius 3 is 2.22 bits per heavy atom. The first-order valence-corrected chi connectivity index (χ1v) is 17.0. The van der Waals surface area contributed by atoms with Gasteiger partial charge in [0.2, 0.25) is 0 Å². The molecule has 2 N–H and O–H groups in total. The van der Waals surface area contributed by atoms with Gasteiger partial charge in [0.1, 0.15) is 5.75 Å². The molecule has 7 rings (SSSR count). The number of carbonyl (C=O) groups excluding carboxylic acids is 3. The molecular weight excluding hydrogens is 626 g/mol. The number of aromatic nitrogens is 1. The third-order valence-corrected chi connectivity index (χ3v) is 10.2. The van der Waals surface area contributed by atoms with Crippen LogP contribution in [0.25, 0.3) is 11.3 Å². The lowest BCUT2D eigenvalue weighted by Crippen LogP contribution is -2.48. The minimum Gasteiger partial charge on any atom is -0.410 e. The first-order chi connectivity index (χ1) is 24.2. The third kappa shape index (κ3) is 6.16. The molecule has 0 bridgehead atoms. The lowest BCUT2D eigenvalue weighted by molar-refractivity contribution is 0.0648. The number of nitrogens with two attached hydrogens (primary N) is 1. The summed E-state index contributed by atoms with van der Waals surface area (Å²) < 4.78 is 7.65. The number of carbonyl (C=O) groups is 3. The number of anilines is 1. The molecule has 1 atom stereocenters. The summed E-state index contributed by atoms with van der Waals surface area (Å²) in [5.74, 6) is 0.213. The summed E-state index contributed by atoms with van der Waals surface area (Å²) in [4.78, 5) is 47.1. The predicted octanol–water partition coefficient (Wildman–Crippen LogP) is 6.36. The van der Waals surface area contributed by atoms with Crippen LogP contribution in [-0.2, 0) is 33.0 Å². The van der Waals surface area contributed by atoms with Crippen LogP contribution in [0.2, 0.25) is 0 Å². The minimum absolute atomic E-state index is 0.134. The number of benzene rings is 4. The molecule has 0 radical (unpaired) electrons. The molecule has 254 valence electrons. The maximum absolute atomic E-state index is 14.8. The van der Waals surface area contributed by atoms with Gasteiger partial charge < -0.3 is 29.7 Å². The van der Waals surface area contributed by atoms with Gasteiger partial charge in [0, 0.05) is 74.5 Å². The number of hydrogen-bond donors (Lipinski definition) is 1. The minimum atomic E-state index is -0.432. The third-order valence-electron chi connectivity index (χ3n) is 10.2. The summed E-state index contributed by atoms with van der Waals surface area (Å²) in [5, 5.41) is 0. The Bertz CT molecular complexity index is 2070. The van der Waals surface area contributed by atoms with E-state index in [0.29, 0.717) is 55.9 Å². The van der Waals surface area contributed by atoms with Crippen LogP contribution in [0.3, 0.4) is 0 Å². The zero-order valence-corrected chi connectivity index (χ0v) is 28.6. The number of ether oxygens (including phenoxy) is 1. The summed E-state index contributed by atoms with van der Waals surface area (Å²) in [6, 6.07) is 32.5. The average Bonchev–Trinajstić information content (AvgIpc) is 3.46. The number of nitrogens with zero attached hydrogens (tertiary/aromatic N) is 4. The summed E-state index contributed by atoms with van der Waals surface area (Å²) in [6.45, 7) is 3.48. The molecule has 4 aromatic carbocycles. The second-order valence-electron chi connectivity index (χ2n) is 13.1. The second-order valence-corrected chi connectivity index (χ2v) is 13.1. The number of rotatable bonds is 6. The fourth-order valence-electron chi connectivity index (χ4n) is 7.12. The van der Waals surface area contributed by atoms with Crippen molar-refractivity contribution in [2.45, 2.75) is 38.9 Å². The van der Waals surface area contributed by atoms with Gasteiger partial charge in [0.25, 0.3) is 11.8 Å². The molecule has 5 aromatic rings. The van der Waals surface area contributed by atoms with Crippen molar-refractivity contribution in [1.29, 1.82) is 0 Å². The first-order valence-electron chi connectivity index (χ1n) is 17.0. The van der Waals surface area contributed by atoms with Crippen molar-refractivity contribution in [1.82, 2.24) is 14.4 Å². The maximum Gasteiger partial charge on any atom is 0.415 e. The van der Waals surface area contributed by atoms with E-state index in [-0.39, 0.29) is 17.9 Å². The van der Waals surface area contributed by atoms with Crippen molar-refractivity contribution in [2.24, 2.45) is 12.8 Å². The van der Waals surface area contributed by atoms with Crippen LogP contribution < -0.4 is 15.4 Å². The highest BCUT2D eigenvalue weighted by Gasteiger charge is 2.33. The molecule has 0 spiro atoms. The SMILES string of the molecule is Cc1c(C(=O)N(C)c2ccccc2)cc(-c2cc3c(cc2C(=O)N2Cc4ccccc4C[C@H]2CN)CN(C(=O)Oc2ccccc2)CC3)n1C. The predicted molar refractivity (Wildman–Crippen MR) is 194 cm³/mol. The Balaban J connectivity index is 1.29. The fraction of sp³-hybridized carbons (Fsp3) is 0.244. The van der Waals surface area contributed by atoms with Gasteiger partial charge in [-0.15, -0.1) is 0 Å². The van der Waals surface area contributed by atoms with Crippen LogP contribution in [0.1, 0.15) is 48.7 Å². The van der Waals surface area contributed by atoms with E-state index in [1.807, 2.05) is 96.2 Å². The fourth-order valence-corrected chi connectivity index (χ4v) is 7.12. The smallest absolute Gasteiger partial charge is 0.410 e. The molecule has 0 aliphatic carbocycles. The van der Waals surface area contributed by atoms with Gasteiger partial charge in [0.05, 0.1) is 5.56 Å². The molecule has 1 aromatic heterocycles. The summed E-state index contributed by atoms with van der Waals surface area (Å²) in [5.41, 5.74) is 14.7. The molecular formula is C41H41N5O4. The first kappa shape index (κ1) is 32.9.